The normalized spacial score (nSPS) is 10.2. The largest absolute Gasteiger partial charge is 0.508 e. The maximum absolute atomic E-state index is 9.31. The van der Waals surface area contributed by atoms with E-state index in [1.54, 1.807) is 30.1 Å². The van der Waals surface area contributed by atoms with Crippen molar-refractivity contribution in [1.82, 2.24) is 4.98 Å². The molecule has 1 aromatic heterocycles. The molecule has 3 heteroatoms. The van der Waals surface area contributed by atoms with Gasteiger partial charge >= 0.3 is 0 Å². The van der Waals surface area contributed by atoms with Crippen molar-refractivity contribution in [1.29, 1.82) is 0 Å². The third kappa shape index (κ3) is 2.73. The molecule has 0 saturated carbocycles. The molecule has 1 aromatic carbocycles. The molecule has 0 amide bonds. The molecule has 2 aromatic rings. The van der Waals surface area contributed by atoms with E-state index in [-0.39, 0.29) is 5.75 Å². The van der Waals surface area contributed by atoms with Crippen molar-refractivity contribution < 1.29 is 5.11 Å². The van der Waals surface area contributed by atoms with Gasteiger partial charge in [-0.3, -0.25) is 0 Å². The number of hydrogen-bond donors (Lipinski definition) is 1. The second-order valence-electron chi connectivity index (χ2n) is 3.27. The number of aromatic nitrogens is 1. The number of rotatable bonds is 2. The predicted octanol–water partition coefficient (Wildman–Crippen LogP) is 3.25. The summed E-state index contributed by atoms with van der Waals surface area (Å²) in [6.07, 6.45) is 1.79. The lowest BCUT2D eigenvalue weighted by atomic mass is 10.3. The van der Waals surface area contributed by atoms with Crippen molar-refractivity contribution >= 4 is 11.8 Å². The van der Waals surface area contributed by atoms with Gasteiger partial charge in [0.1, 0.15) is 10.8 Å². The van der Waals surface area contributed by atoms with Gasteiger partial charge in [0, 0.05) is 11.1 Å². The number of aromatic hydroxyl groups is 1. The number of benzene rings is 1. The number of nitrogens with zero attached hydrogens (tertiary/aromatic N) is 1. The minimum atomic E-state index is 0.285. The Morgan fingerprint density at radius 3 is 2.80 bits per heavy atom. The van der Waals surface area contributed by atoms with E-state index in [4.69, 9.17) is 0 Å². The zero-order chi connectivity index (χ0) is 10.7. The molecular weight excluding hydrogens is 206 g/mol. The summed E-state index contributed by atoms with van der Waals surface area (Å²) in [4.78, 5) is 5.24. The van der Waals surface area contributed by atoms with Gasteiger partial charge in [-0.1, -0.05) is 17.8 Å². The summed E-state index contributed by atoms with van der Waals surface area (Å²) in [6.45, 7) is 2.04. The van der Waals surface area contributed by atoms with Gasteiger partial charge in [-0.2, -0.15) is 0 Å². The van der Waals surface area contributed by atoms with Gasteiger partial charge in [0.25, 0.3) is 0 Å². The van der Waals surface area contributed by atoms with Crippen LogP contribution in [0.1, 0.15) is 5.56 Å². The highest BCUT2D eigenvalue weighted by molar-refractivity contribution is 7.99. The number of phenols is 1. The van der Waals surface area contributed by atoms with Crippen LogP contribution in [0.2, 0.25) is 0 Å². The average Bonchev–Trinajstić information content (AvgIpc) is 2.17. The fourth-order valence-electron chi connectivity index (χ4n) is 1.23. The lowest BCUT2D eigenvalue weighted by molar-refractivity contribution is 0.474. The molecule has 0 spiro atoms. The van der Waals surface area contributed by atoms with Crippen LogP contribution in [-0.4, -0.2) is 10.1 Å². The van der Waals surface area contributed by atoms with Gasteiger partial charge in [-0.05, 0) is 42.8 Å². The van der Waals surface area contributed by atoms with Gasteiger partial charge in [0.05, 0.1) is 0 Å². The minimum absolute atomic E-state index is 0.285. The Labute approximate surface area is 93.0 Å². The quantitative estimate of drug-likeness (QED) is 0.838. The first-order valence-electron chi connectivity index (χ1n) is 4.63. The van der Waals surface area contributed by atoms with Crippen LogP contribution in [0.3, 0.4) is 0 Å². The first kappa shape index (κ1) is 10.1. The summed E-state index contributed by atoms with van der Waals surface area (Å²) in [7, 11) is 0. The van der Waals surface area contributed by atoms with Crippen LogP contribution in [-0.2, 0) is 0 Å². The first-order valence-corrected chi connectivity index (χ1v) is 5.45. The monoisotopic (exact) mass is 217 g/mol. The minimum Gasteiger partial charge on any atom is -0.508 e. The molecule has 0 aliphatic heterocycles. The fourth-order valence-corrected chi connectivity index (χ4v) is 2.16. The van der Waals surface area contributed by atoms with E-state index in [0.29, 0.717) is 0 Å². The maximum Gasteiger partial charge on any atom is 0.116 e. The Hall–Kier alpha value is -1.48. The number of aryl methyl sites for hydroxylation is 1. The summed E-state index contributed by atoms with van der Waals surface area (Å²) in [5, 5.41) is 10.3. The highest BCUT2D eigenvalue weighted by Gasteiger charge is 1.99. The molecular formula is C12H11NOS. The molecule has 0 aliphatic rings. The maximum atomic E-state index is 9.31. The third-order valence-corrected chi connectivity index (χ3v) is 2.85. The summed E-state index contributed by atoms with van der Waals surface area (Å²) >= 11 is 1.54. The first-order chi connectivity index (χ1) is 7.24. The van der Waals surface area contributed by atoms with Crippen LogP contribution in [0.4, 0.5) is 0 Å². The lowest BCUT2D eigenvalue weighted by Crippen LogP contribution is -1.80. The molecule has 0 bridgehead atoms. The van der Waals surface area contributed by atoms with E-state index in [1.165, 1.54) is 5.56 Å². The van der Waals surface area contributed by atoms with Crippen LogP contribution < -0.4 is 0 Å². The zero-order valence-electron chi connectivity index (χ0n) is 8.34. The standard InChI is InChI=1S/C12H11NOS/c1-9-5-6-13-12(7-9)15-11-4-2-3-10(14)8-11/h2-8,14H,1H3. The Bertz CT molecular complexity index is 427. The van der Waals surface area contributed by atoms with E-state index >= 15 is 0 Å². The van der Waals surface area contributed by atoms with Gasteiger partial charge in [0.15, 0.2) is 0 Å². The second-order valence-corrected chi connectivity index (χ2v) is 4.36. The van der Waals surface area contributed by atoms with Crippen LogP contribution in [0.15, 0.2) is 52.5 Å². The van der Waals surface area contributed by atoms with Crippen molar-refractivity contribution in [2.24, 2.45) is 0 Å². The zero-order valence-corrected chi connectivity index (χ0v) is 9.16. The molecule has 0 atom stereocenters. The SMILES string of the molecule is Cc1ccnc(Sc2cccc(O)c2)c1. The van der Waals surface area contributed by atoms with Crippen LogP contribution in [0.5, 0.6) is 5.75 Å². The molecule has 0 fully saturated rings. The number of phenolic OH excluding ortho intramolecular Hbond substituents is 1. The van der Waals surface area contributed by atoms with Crippen LogP contribution in [0.25, 0.3) is 0 Å². The summed E-state index contributed by atoms with van der Waals surface area (Å²) < 4.78 is 0. The predicted molar refractivity (Wildman–Crippen MR) is 61.2 cm³/mol. The van der Waals surface area contributed by atoms with Crippen molar-refractivity contribution in [3.63, 3.8) is 0 Å². The molecule has 0 saturated heterocycles. The van der Waals surface area contributed by atoms with E-state index in [9.17, 15) is 5.11 Å². The average molecular weight is 217 g/mol. The van der Waals surface area contributed by atoms with E-state index in [0.717, 1.165) is 9.92 Å². The molecule has 2 nitrogen and oxygen atoms in total. The van der Waals surface area contributed by atoms with Gasteiger partial charge < -0.3 is 5.11 Å². The molecule has 1 heterocycles. The molecule has 0 radical (unpaired) electrons. The van der Waals surface area contributed by atoms with Crippen LogP contribution >= 0.6 is 11.8 Å². The third-order valence-electron chi connectivity index (χ3n) is 1.93. The van der Waals surface area contributed by atoms with Crippen molar-refractivity contribution in [3.8, 4) is 5.75 Å². The van der Waals surface area contributed by atoms with Crippen molar-refractivity contribution in [3.05, 3.63) is 48.2 Å². The Balaban J connectivity index is 2.22. The topological polar surface area (TPSA) is 33.1 Å². The summed E-state index contributed by atoms with van der Waals surface area (Å²) in [5.41, 5.74) is 1.19. The van der Waals surface area contributed by atoms with Gasteiger partial charge in [0.2, 0.25) is 0 Å². The highest BCUT2D eigenvalue weighted by Crippen LogP contribution is 2.28. The lowest BCUT2D eigenvalue weighted by Gasteiger charge is -2.01. The highest BCUT2D eigenvalue weighted by atomic mass is 32.2. The van der Waals surface area contributed by atoms with E-state index < -0.39 is 0 Å². The molecule has 0 unspecified atom stereocenters. The molecule has 15 heavy (non-hydrogen) atoms. The van der Waals surface area contributed by atoms with Gasteiger partial charge in [-0.25, -0.2) is 4.98 Å². The summed E-state index contributed by atoms with van der Waals surface area (Å²) in [6, 6.07) is 11.2. The summed E-state index contributed by atoms with van der Waals surface area (Å²) in [5.74, 6) is 0.285. The Morgan fingerprint density at radius 2 is 2.07 bits per heavy atom. The number of hydrogen-bond acceptors (Lipinski definition) is 3. The molecule has 0 aliphatic carbocycles. The van der Waals surface area contributed by atoms with E-state index in [1.807, 2.05) is 31.2 Å². The number of pyridine rings is 1. The molecule has 2 rings (SSSR count). The second kappa shape index (κ2) is 4.36. The van der Waals surface area contributed by atoms with Crippen LogP contribution in [0, 0.1) is 6.92 Å². The van der Waals surface area contributed by atoms with Crippen molar-refractivity contribution in [2.75, 3.05) is 0 Å². The van der Waals surface area contributed by atoms with Gasteiger partial charge in [-0.15, -0.1) is 0 Å². The Kier molecular flexibility index (Phi) is 2.92. The van der Waals surface area contributed by atoms with Crippen molar-refractivity contribution in [2.45, 2.75) is 16.8 Å². The molecule has 76 valence electrons. The Morgan fingerprint density at radius 1 is 1.20 bits per heavy atom. The fraction of sp³-hybridized carbons (Fsp3) is 0.0833. The smallest absolute Gasteiger partial charge is 0.116 e. The molecule has 1 N–H and O–H groups in total. The van der Waals surface area contributed by atoms with E-state index in [2.05, 4.69) is 4.98 Å².